The zero-order valence-electron chi connectivity index (χ0n) is 10.2. The average Bonchev–Trinajstić information content (AvgIpc) is 2.79. The van der Waals surface area contributed by atoms with Gasteiger partial charge in [-0.1, -0.05) is 6.07 Å². The predicted molar refractivity (Wildman–Crippen MR) is 67.7 cm³/mol. The van der Waals surface area contributed by atoms with Gasteiger partial charge in [0.1, 0.15) is 0 Å². The van der Waals surface area contributed by atoms with Gasteiger partial charge in [-0.15, -0.1) is 0 Å². The molecule has 1 aromatic carbocycles. The number of hydrogen-bond acceptors (Lipinski definition) is 3. The van der Waals surface area contributed by atoms with Crippen LogP contribution < -0.4 is 0 Å². The molecule has 0 saturated carbocycles. The van der Waals surface area contributed by atoms with Crippen molar-refractivity contribution < 1.29 is 14.7 Å². The Labute approximate surface area is 109 Å². The normalized spacial score (nSPS) is 15.5. The highest BCUT2D eigenvalue weighted by atomic mass is 16.4. The van der Waals surface area contributed by atoms with Gasteiger partial charge in [0.25, 0.3) is 5.91 Å². The van der Waals surface area contributed by atoms with Crippen molar-refractivity contribution >= 4 is 22.8 Å². The van der Waals surface area contributed by atoms with E-state index in [0.29, 0.717) is 18.7 Å². The highest BCUT2D eigenvalue weighted by Crippen LogP contribution is 2.22. The molecular formula is C13H13N3O3. The lowest BCUT2D eigenvalue weighted by Crippen LogP contribution is -2.50. The molecule has 1 aliphatic rings. The topological polar surface area (TPSA) is 86.3 Å². The molecule has 2 N–H and O–H groups in total. The van der Waals surface area contributed by atoms with Crippen molar-refractivity contribution in [3.63, 3.8) is 0 Å². The molecule has 0 atom stereocenters. The van der Waals surface area contributed by atoms with Gasteiger partial charge in [0.2, 0.25) is 0 Å². The Morgan fingerprint density at radius 3 is 2.95 bits per heavy atom. The van der Waals surface area contributed by atoms with Gasteiger partial charge < -0.3 is 10.0 Å². The smallest absolute Gasteiger partial charge is 0.303 e. The Bertz CT molecular complexity index is 643. The maximum Gasteiger partial charge on any atom is 0.303 e. The van der Waals surface area contributed by atoms with Crippen LogP contribution in [0.4, 0.5) is 0 Å². The van der Waals surface area contributed by atoms with Crippen LogP contribution in [0, 0.1) is 5.92 Å². The molecule has 0 bridgehead atoms. The fourth-order valence-corrected chi connectivity index (χ4v) is 2.36. The van der Waals surface area contributed by atoms with Gasteiger partial charge in [-0.3, -0.25) is 14.7 Å². The number of amides is 1. The average molecular weight is 259 g/mol. The first-order valence-corrected chi connectivity index (χ1v) is 6.07. The molecule has 1 saturated heterocycles. The van der Waals surface area contributed by atoms with Crippen molar-refractivity contribution in [2.45, 2.75) is 6.42 Å². The summed E-state index contributed by atoms with van der Waals surface area (Å²) in [6, 6.07) is 5.39. The fraction of sp³-hybridized carbons (Fsp3) is 0.308. The van der Waals surface area contributed by atoms with E-state index in [1.807, 2.05) is 6.07 Å². The van der Waals surface area contributed by atoms with Crippen LogP contribution in [0.5, 0.6) is 0 Å². The first-order chi connectivity index (χ1) is 9.13. The lowest BCUT2D eigenvalue weighted by Gasteiger charge is -2.38. The number of H-pyrrole nitrogens is 1. The number of carboxylic acids is 1. The lowest BCUT2D eigenvalue weighted by atomic mass is 9.95. The molecule has 19 heavy (non-hydrogen) atoms. The molecule has 2 heterocycles. The first-order valence-electron chi connectivity index (χ1n) is 6.07. The standard InChI is InChI=1S/C13H13N3O3/c17-12(18)3-8-6-16(7-8)13(19)9-1-2-10-5-14-15-11(10)4-9/h1-2,4-5,8H,3,6-7H2,(H,14,15)(H,17,18). The van der Waals surface area contributed by atoms with Gasteiger partial charge in [0.05, 0.1) is 18.1 Å². The van der Waals surface area contributed by atoms with Crippen LogP contribution in [-0.2, 0) is 4.79 Å². The van der Waals surface area contributed by atoms with E-state index in [9.17, 15) is 9.59 Å². The van der Waals surface area contributed by atoms with Crippen molar-refractivity contribution in [2.75, 3.05) is 13.1 Å². The van der Waals surface area contributed by atoms with E-state index in [1.54, 1.807) is 23.2 Å². The maximum absolute atomic E-state index is 12.2. The summed E-state index contributed by atoms with van der Waals surface area (Å²) in [6.07, 6.45) is 1.83. The van der Waals surface area contributed by atoms with Gasteiger partial charge in [-0.2, -0.15) is 5.10 Å². The minimum atomic E-state index is -0.809. The van der Waals surface area contributed by atoms with Crippen LogP contribution in [0.1, 0.15) is 16.8 Å². The fourth-order valence-electron chi connectivity index (χ4n) is 2.36. The van der Waals surface area contributed by atoms with Crippen LogP contribution >= 0.6 is 0 Å². The van der Waals surface area contributed by atoms with Crippen LogP contribution in [-0.4, -0.2) is 45.2 Å². The molecule has 6 nitrogen and oxygen atoms in total. The molecule has 6 heteroatoms. The monoisotopic (exact) mass is 259 g/mol. The van der Waals surface area contributed by atoms with Gasteiger partial charge >= 0.3 is 5.97 Å². The van der Waals surface area contributed by atoms with E-state index in [1.165, 1.54) is 0 Å². The molecule has 98 valence electrons. The van der Waals surface area contributed by atoms with Crippen molar-refractivity contribution in [2.24, 2.45) is 5.92 Å². The van der Waals surface area contributed by atoms with Crippen LogP contribution in [0.2, 0.25) is 0 Å². The molecule has 0 aliphatic carbocycles. The number of aromatic nitrogens is 2. The summed E-state index contributed by atoms with van der Waals surface area (Å²) >= 11 is 0. The second-order valence-corrected chi connectivity index (χ2v) is 4.85. The third kappa shape index (κ3) is 2.16. The van der Waals surface area contributed by atoms with Crippen molar-refractivity contribution in [3.8, 4) is 0 Å². The molecule has 1 aliphatic heterocycles. The van der Waals surface area contributed by atoms with Crippen LogP contribution in [0.25, 0.3) is 10.9 Å². The summed E-state index contributed by atoms with van der Waals surface area (Å²) in [7, 11) is 0. The van der Waals surface area contributed by atoms with E-state index < -0.39 is 5.97 Å². The Hall–Kier alpha value is -2.37. The quantitative estimate of drug-likeness (QED) is 0.864. The number of nitrogens with zero attached hydrogens (tertiary/aromatic N) is 2. The van der Waals surface area contributed by atoms with E-state index in [2.05, 4.69) is 10.2 Å². The van der Waals surface area contributed by atoms with Gasteiger partial charge in [0.15, 0.2) is 0 Å². The number of carboxylic acid groups (broad SMARTS) is 1. The van der Waals surface area contributed by atoms with Crippen LogP contribution in [0.15, 0.2) is 24.4 Å². The van der Waals surface area contributed by atoms with Gasteiger partial charge in [0, 0.05) is 30.0 Å². The molecular weight excluding hydrogens is 246 g/mol. The Kier molecular flexibility index (Phi) is 2.70. The Morgan fingerprint density at radius 1 is 1.42 bits per heavy atom. The SMILES string of the molecule is O=C(O)CC1CN(C(=O)c2ccc3cn[nH]c3c2)C1. The number of aliphatic carboxylic acids is 1. The summed E-state index contributed by atoms with van der Waals surface area (Å²) in [4.78, 5) is 24.4. The lowest BCUT2D eigenvalue weighted by molar-refractivity contribution is -0.139. The Morgan fingerprint density at radius 2 is 2.21 bits per heavy atom. The predicted octanol–water partition coefficient (Wildman–Crippen LogP) is 1.11. The molecule has 0 spiro atoms. The zero-order chi connectivity index (χ0) is 13.4. The first kappa shape index (κ1) is 11.7. The van der Waals surface area contributed by atoms with Gasteiger partial charge in [-0.25, -0.2) is 0 Å². The van der Waals surface area contributed by atoms with Crippen molar-refractivity contribution in [1.29, 1.82) is 0 Å². The van der Waals surface area contributed by atoms with Crippen molar-refractivity contribution in [3.05, 3.63) is 30.0 Å². The highest BCUT2D eigenvalue weighted by Gasteiger charge is 2.32. The molecule has 1 aromatic heterocycles. The number of nitrogens with one attached hydrogen (secondary N) is 1. The second kappa shape index (κ2) is 4.38. The number of rotatable bonds is 3. The molecule has 3 rings (SSSR count). The number of likely N-dealkylation sites (tertiary alicyclic amines) is 1. The van der Waals surface area contributed by atoms with E-state index >= 15 is 0 Å². The Balaban J connectivity index is 1.69. The highest BCUT2D eigenvalue weighted by molar-refractivity contribution is 5.98. The summed E-state index contributed by atoms with van der Waals surface area (Å²) in [5.74, 6) is -0.786. The third-order valence-corrected chi connectivity index (χ3v) is 3.40. The number of carbonyl (C=O) groups excluding carboxylic acids is 1. The summed E-state index contributed by atoms with van der Waals surface area (Å²) in [5.41, 5.74) is 1.43. The number of aromatic amines is 1. The molecule has 0 radical (unpaired) electrons. The molecule has 2 aromatic rings. The van der Waals surface area contributed by atoms with Gasteiger partial charge in [-0.05, 0) is 12.1 Å². The minimum absolute atomic E-state index is 0.0573. The van der Waals surface area contributed by atoms with E-state index in [4.69, 9.17) is 5.11 Å². The number of hydrogen-bond donors (Lipinski definition) is 2. The minimum Gasteiger partial charge on any atom is -0.481 e. The van der Waals surface area contributed by atoms with E-state index in [0.717, 1.165) is 10.9 Å². The summed E-state index contributed by atoms with van der Waals surface area (Å²) < 4.78 is 0. The largest absolute Gasteiger partial charge is 0.481 e. The second-order valence-electron chi connectivity index (χ2n) is 4.85. The zero-order valence-corrected chi connectivity index (χ0v) is 10.2. The molecule has 1 fully saturated rings. The third-order valence-electron chi connectivity index (χ3n) is 3.40. The molecule has 0 unspecified atom stereocenters. The summed E-state index contributed by atoms with van der Waals surface area (Å²) in [6.45, 7) is 1.04. The number of benzene rings is 1. The maximum atomic E-state index is 12.2. The summed E-state index contributed by atoms with van der Waals surface area (Å²) in [5, 5.41) is 16.4. The molecule has 1 amide bonds. The number of fused-ring (bicyclic) bond motifs is 1. The van der Waals surface area contributed by atoms with Crippen LogP contribution in [0.3, 0.4) is 0 Å². The van der Waals surface area contributed by atoms with Crippen molar-refractivity contribution in [1.82, 2.24) is 15.1 Å². The number of carbonyl (C=O) groups is 2. The van der Waals surface area contributed by atoms with E-state index in [-0.39, 0.29) is 18.2 Å².